The monoisotopic (exact) mass is 677 g/mol. The number of nitrogens with zero attached hydrogens (tertiary/aromatic N) is 4. The van der Waals surface area contributed by atoms with Gasteiger partial charge in [-0.2, -0.15) is 15.8 Å². The van der Waals surface area contributed by atoms with Gasteiger partial charge in [-0.25, -0.2) is 4.48 Å². The van der Waals surface area contributed by atoms with Crippen molar-refractivity contribution in [3.05, 3.63) is 169 Å². The number of rotatable bonds is 4. The van der Waals surface area contributed by atoms with E-state index in [9.17, 15) is 15.8 Å². The van der Waals surface area contributed by atoms with Gasteiger partial charge >= 0.3 is 0 Å². The van der Waals surface area contributed by atoms with Gasteiger partial charge in [0.2, 0.25) is 0 Å². The highest BCUT2D eigenvalue weighted by atomic mass is 32.2. The van der Waals surface area contributed by atoms with Crippen LogP contribution in [0.4, 0.5) is 5.69 Å². The Bertz CT molecular complexity index is 2360. The van der Waals surface area contributed by atoms with Crippen LogP contribution in [0.1, 0.15) is 56.1 Å². The SMILES string of the molecule is C[N+]1(C2=CC(C3C(C#N)=C(c4ccccc4)C(C#N)=C(C4=CC=CCC4)C3C#N)=CCC2)C2=C(CC3C(=C2)SC2=C3C=CCC2)c2ccccc21. The Morgan fingerprint density at radius 2 is 1.69 bits per heavy atom. The van der Waals surface area contributed by atoms with E-state index in [0.29, 0.717) is 27.1 Å². The Labute approximate surface area is 304 Å². The van der Waals surface area contributed by atoms with Crippen molar-refractivity contribution in [1.82, 2.24) is 4.48 Å². The molecule has 51 heavy (non-hydrogen) atoms. The van der Waals surface area contributed by atoms with Crippen LogP contribution < -0.4 is 4.48 Å². The summed E-state index contributed by atoms with van der Waals surface area (Å²) in [6.07, 6.45) is 24.6. The molecular weight excluding hydrogens is 641 g/mol. The highest BCUT2D eigenvalue weighted by Gasteiger charge is 2.50. The lowest BCUT2D eigenvalue weighted by molar-refractivity contribution is 0.490. The topological polar surface area (TPSA) is 71.4 Å². The summed E-state index contributed by atoms with van der Waals surface area (Å²) in [5.41, 5.74) is 13.4. The van der Waals surface area contributed by atoms with Crippen molar-refractivity contribution in [3.63, 3.8) is 0 Å². The van der Waals surface area contributed by atoms with Crippen LogP contribution in [0.25, 0.3) is 11.1 Å². The van der Waals surface area contributed by atoms with Gasteiger partial charge in [-0.1, -0.05) is 90.7 Å². The molecule has 4 nitrogen and oxygen atoms in total. The predicted octanol–water partition coefficient (Wildman–Crippen LogP) is 11.1. The van der Waals surface area contributed by atoms with Crippen molar-refractivity contribution >= 4 is 28.6 Å². The molecule has 2 heterocycles. The fourth-order valence-corrected chi connectivity index (χ4v) is 10.9. The number of benzene rings is 2. The minimum absolute atomic E-state index is 0.428. The lowest BCUT2D eigenvalue weighted by Crippen LogP contribution is -2.42. The molecule has 0 saturated carbocycles. The van der Waals surface area contributed by atoms with Gasteiger partial charge in [-0.3, -0.25) is 0 Å². The number of nitriles is 3. The van der Waals surface area contributed by atoms with Crippen LogP contribution in [0.5, 0.6) is 0 Å². The highest BCUT2D eigenvalue weighted by Crippen LogP contribution is 2.60. The van der Waals surface area contributed by atoms with Crippen molar-refractivity contribution in [2.75, 3.05) is 7.05 Å². The minimum Gasteiger partial charge on any atom is -0.232 e. The maximum Gasteiger partial charge on any atom is 0.150 e. The molecule has 9 rings (SSSR count). The lowest BCUT2D eigenvalue weighted by Gasteiger charge is -2.38. The first-order valence-electron chi connectivity index (χ1n) is 18.1. The van der Waals surface area contributed by atoms with Crippen LogP contribution in [-0.4, -0.2) is 7.05 Å². The van der Waals surface area contributed by atoms with Gasteiger partial charge in [0.05, 0.1) is 30.7 Å². The van der Waals surface area contributed by atoms with Crippen LogP contribution in [0.2, 0.25) is 0 Å². The second-order valence-electron chi connectivity index (χ2n) is 14.4. The summed E-state index contributed by atoms with van der Waals surface area (Å²) in [5.74, 6) is -0.729. The number of para-hydroxylation sites is 1. The van der Waals surface area contributed by atoms with E-state index in [0.717, 1.165) is 67.2 Å². The average Bonchev–Trinajstić information content (AvgIpc) is 3.69. The van der Waals surface area contributed by atoms with E-state index in [2.05, 4.69) is 92.1 Å². The summed E-state index contributed by atoms with van der Waals surface area (Å²) in [4.78, 5) is 3.00. The average molecular weight is 678 g/mol. The van der Waals surface area contributed by atoms with Crippen molar-refractivity contribution in [1.29, 1.82) is 15.8 Å². The Balaban J connectivity index is 1.20. The largest absolute Gasteiger partial charge is 0.232 e. The van der Waals surface area contributed by atoms with Gasteiger partial charge in [0, 0.05) is 57.6 Å². The number of thioether (sulfide) groups is 1. The van der Waals surface area contributed by atoms with Gasteiger partial charge < -0.3 is 0 Å². The number of hydrogen-bond acceptors (Lipinski definition) is 4. The molecule has 0 radical (unpaired) electrons. The molecular formula is C46H37N4S+. The number of allylic oxidation sites excluding steroid dienone is 19. The molecule has 5 heteroatoms. The molecule has 0 aromatic heterocycles. The Kier molecular flexibility index (Phi) is 7.70. The van der Waals surface area contributed by atoms with Gasteiger partial charge in [-0.05, 0) is 83.4 Å². The van der Waals surface area contributed by atoms with E-state index in [1.165, 1.54) is 43.6 Å². The molecule has 5 aliphatic carbocycles. The minimum atomic E-state index is -0.662. The maximum absolute atomic E-state index is 11.0. The molecule has 2 aromatic rings. The summed E-state index contributed by atoms with van der Waals surface area (Å²) in [5, 5.41) is 32.7. The van der Waals surface area contributed by atoms with Crippen LogP contribution in [-0.2, 0) is 0 Å². The summed E-state index contributed by atoms with van der Waals surface area (Å²) in [7, 11) is 2.34. The number of likely N-dealkylation sites (N-methyl/N-ethyl adjacent to an activating group) is 1. The van der Waals surface area contributed by atoms with E-state index >= 15 is 0 Å². The molecule has 246 valence electrons. The third-order valence-electron chi connectivity index (χ3n) is 11.9. The van der Waals surface area contributed by atoms with E-state index in [-0.39, 0.29) is 0 Å². The van der Waals surface area contributed by atoms with Crippen molar-refractivity contribution in [3.8, 4) is 18.2 Å². The first kappa shape index (κ1) is 31.6. The first-order chi connectivity index (χ1) is 25.1. The standard InChI is InChI=1S/C46H37N4S/c1-50(40-21-10-8-19-33(40)35-24-36-34-20-9-11-22-42(34)51-43(36)25-41(35)50)32-18-12-17-31(23-32)46-38(27-48)44(29-13-4-2-5-14-29)37(26-47)45(39(46)28-49)30-15-6-3-7-16-30/h2-6,8-10,13-15,17,19-21,23,25,36,39,46H,7,11-12,16,18,22,24H2,1H3/q+1. The van der Waals surface area contributed by atoms with Crippen LogP contribution in [0, 0.1) is 51.7 Å². The molecule has 0 amide bonds. The zero-order chi connectivity index (χ0) is 34.7. The molecule has 0 saturated heterocycles. The smallest absolute Gasteiger partial charge is 0.150 e. The Morgan fingerprint density at radius 3 is 2.47 bits per heavy atom. The normalized spacial score (nSPS) is 27.7. The van der Waals surface area contributed by atoms with Crippen LogP contribution in [0.3, 0.4) is 0 Å². The quantitative estimate of drug-likeness (QED) is 0.302. The van der Waals surface area contributed by atoms with E-state index in [4.69, 9.17) is 0 Å². The highest BCUT2D eigenvalue weighted by molar-refractivity contribution is 8.07. The van der Waals surface area contributed by atoms with Crippen LogP contribution >= 0.6 is 11.8 Å². The Hall–Kier alpha value is -5.38. The molecule has 4 unspecified atom stereocenters. The number of hydrogen-bond donors (Lipinski definition) is 0. The first-order valence-corrected chi connectivity index (χ1v) is 18.9. The maximum atomic E-state index is 11.0. The van der Waals surface area contributed by atoms with Crippen molar-refractivity contribution in [2.24, 2.45) is 17.8 Å². The van der Waals surface area contributed by atoms with Gasteiger partial charge in [0.1, 0.15) is 23.2 Å². The second-order valence-corrected chi connectivity index (χ2v) is 15.6. The van der Waals surface area contributed by atoms with Crippen molar-refractivity contribution in [2.45, 2.75) is 44.9 Å². The summed E-state index contributed by atoms with van der Waals surface area (Å²) < 4.78 is 0.601. The van der Waals surface area contributed by atoms with Gasteiger partial charge in [0.15, 0.2) is 0 Å². The van der Waals surface area contributed by atoms with Crippen molar-refractivity contribution < 1.29 is 0 Å². The van der Waals surface area contributed by atoms with Crippen LogP contribution in [0.15, 0.2) is 158 Å². The van der Waals surface area contributed by atoms with E-state index in [1.54, 1.807) is 0 Å². The molecule has 2 aromatic carbocycles. The second kappa shape index (κ2) is 12.4. The summed E-state index contributed by atoms with van der Waals surface area (Å²) >= 11 is 1.99. The number of quaternary nitrogens is 1. The summed E-state index contributed by atoms with van der Waals surface area (Å²) in [6.45, 7) is 0. The van der Waals surface area contributed by atoms with E-state index in [1.807, 2.05) is 48.2 Å². The molecule has 4 atom stereocenters. The zero-order valence-electron chi connectivity index (χ0n) is 28.7. The fourth-order valence-electron chi connectivity index (χ4n) is 9.55. The fraction of sp³-hybridized carbons (Fsp3) is 0.239. The Morgan fingerprint density at radius 1 is 0.863 bits per heavy atom. The van der Waals surface area contributed by atoms with Gasteiger partial charge in [-0.15, -0.1) is 0 Å². The summed E-state index contributed by atoms with van der Waals surface area (Å²) in [6, 6.07) is 26.4. The molecule has 2 aliphatic heterocycles. The molecule has 7 aliphatic rings. The number of fused-ring (bicyclic) bond motifs is 4. The third-order valence-corrected chi connectivity index (χ3v) is 13.2. The predicted molar refractivity (Wildman–Crippen MR) is 206 cm³/mol. The molecule has 0 spiro atoms. The zero-order valence-corrected chi connectivity index (χ0v) is 29.5. The molecule has 0 N–H and O–H groups in total. The lowest BCUT2D eigenvalue weighted by atomic mass is 9.65. The third kappa shape index (κ3) is 4.75. The van der Waals surface area contributed by atoms with E-state index < -0.39 is 11.8 Å². The molecule has 0 bridgehead atoms. The molecule has 0 fully saturated rings. The van der Waals surface area contributed by atoms with Gasteiger partial charge in [0.25, 0.3) is 0 Å².